The number of rotatable bonds is 4. The normalized spacial score (nSPS) is 10.2. The maximum Gasteiger partial charge on any atom is 0.123 e. The van der Waals surface area contributed by atoms with Gasteiger partial charge in [0.1, 0.15) is 5.82 Å². The smallest absolute Gasteiger partial charge is 0.123 e. The number of hydrogen-bond acceptors (Lipinski definition) is 0. The van der Waals surface area contributed by atoms with Crippen LogP contribution in [0.4, 0.5) is 4.39 Å². The highest BCUT2D eigenvalue weighted by Gasteiger charge is 1.93. The summed E-state index contributed by atoms with van der Waals surface area (Å²) in [7, 11) is 0. The first-order valence-electron chi connectivity index (χ1n) is 4.36. The van der Waals surface area contributed by atoms with Gasteiger partial charge in [-0.15, -0.1) is 0 Å². The lowest BCUT2D eigenvalue weighted by Crippen LogP contribution is -2.50. The molecule has 66 valence electrons. The Hall–Kier alpha value is -0.890. The predicted octanol–water partition coefficient (Wildman–Crippen LogP) is 1.39. The van der Waals surface area contributed by atoms with Crippen LogP contribution in [0.15, 0.2) is 24.3 Å². The van der Waals surface area contributed by atoms with Crippen molar-refractivity contribution < 1.29 is 10.1 Å². The lowest BCUT2D eigenvalue weighted by molar-refractivity contribution is -0.368. The minimum Gasteiger partial charge on any atom is -0.358 e. The van der Waals surface area contributed by atoms with E-state index in [4.69, 9.17) is 0 Å². The van der Waals surface area contributed by atoms with Gasteiger partial charge in [-0.25, -0.2) is 4.39 Å². The van der Waals surface area contributed by atoms with Crippen molar-refractivity contribution in [2.75, 3.05) is 6.54 Å². The molecule has 2 heteroatoms. The second-order valence-electron chi connectivity index (χ2n) is 2.94. The summed E-state index contributed by atoms with van der Waals surface area (Å²) in [6, 6.07) is 6.72. The number of benzene rings is 1. The molecule has 0 fully saturated rings. The first-order chi connectivity index (χ1) is 5.83. The number of quaternary nitrogens is 1. The van der Waals surface area contributed by atoms with E-state index in [1.807, 2.05) is 12.1 Å². The number of hydrogen-bond donors (Lipinski definition) is 1. The lowest BCUT2D eigenvalue weighted by atomic mass is 10.1. The van der Waals surface area contributed by atoms with Gasteiger partial charge < -0.3 is 5.73 Å². The molecule has 0 atom stereocenters. The summed E-state index contributed by atoms with van der Waals surface area (Å²) in [4.78, 5) is 0. The van der Waals surface area contributed by atoms with Crippen LogP contribution in [0.3, 0.4) is 0 Å². The maximum atomic E-state index is 12.5. The van der Waals surface area contributed by atoms with E-state index in [0.29, 0.717) is 0 Å². The molecule has 1 rings (SSSR count). The number of halogens is 1. The van der Waals surface area contributed by atoms with Crippen molar-refractivity contribution in [2.24, 2.45) is 0 Å². The molecule has 12 heavy (non-hydrogen) atoms. The average Bonchev–Trinajstić information content (AvgIpc) is 2.09. The number of unbranched alkanes of at least 4 members (excludes halogenated alkanes) is 1. The van der Waals surface area contributed by atoms with Crippen molar-refractivity contribution in [3.8, 4) is 0 Å². The van der Waals surface area contributed by atoms with Crippen LogP contribution >= 0.6 is 0 Å². The molecule has 1 aromatic rings. The molecule has 0 aliphatic heterocycles. The Morgan fingerprint density at radius 3 is 2.33 bits per heavy atom. The average molecular weight is 168 g/mol. The molecule has 0 heterocycles. The minimum atomic E-state index is -0.157. The molecule has 0 aliphatic rings. The summed E-state index contributed by atoms with van der Waals surface area (Å²) < 4.78 is 12.5. The predicted molar refractivity (Wildman–Crippen MR) is 47.1 cm³/mol. The van der Waals surface area contributed by atoms with E-state index in [9.17, 15) is 4.39 Å². The van der Waals surface area contributed by atoms with Gasteiger partial charge in [0.25, 0.3) is 0 Å². The van der Waals surface area contributed by atoms with E-state index in [-0.39, 0.29) is 5.82 Å². The zero-order chi connectivity index (χ0) is 8.81. The Kier molecular flexibility index (Phi) is 3.74. The van der Waals surface area contributed by atoms with Crippen LogP contribution in [0.2, 0.25) is 0 Å². The van der Waals surface area contributed by atoms with Crippen LogP contribution in [-0.4, -0.2) is 6.54 Å². The van der Waals surface area contributed by atoms with Crippen LogP contribution < -0.4 is 5.73 Å². The third-order valence-corrected chi connectivity index (χ3v) is 1.88. The zero-order valence-electron chi connectivity index (χ0n) is 7.22. The van der Waals surface area contributed by atoms with Crippen molar-refractivity contribution in [2.45, 2.75) is 19.3 Å². The summed E-state index contributed by atoms with van der Waals surface area (Å²) in [5, 5.41) is 0. The molecule has 0 unspecified atom stereocenters. The van der Waals surface area contributed by atoms with Crippen molar-refractivity contribution in [1.29, 1.82) is 0 Å². The molecule has 0 radical (unpaired) electrons. The summed E-state index contributed by atoms with van der Waals surface area (Å²) in [6.07, 6.45) is 3.34. The quantitative estimate of drug-likeness (QED) is 0.658. The molecule has 0 bridgehead atoms. The minimum absolute atomic E-state index is 0.157. The molecule has 0 saturated carbocycles. The molecule has 0 aliphatic carbocycles. The Morgan fingerprint density at radius 2 is 1.75 bits per heavy atom. The van der Waals surface area contributed by atoms with Crippen LogP contribution in [0.25, 0.3) is 0 Å². The molecular formula is C10H15FN+. The second-order valence-corrected chi connectivity index (χ2v) is 2.94. The molecule has 0 aromatic heterocycles. The SMILES string of the molecule is [NH3+]CCCCc1ccc(F)cc1. The Bertz CT molecular complexity index is 218. The van der Waals surface area contributed by atoms with Crippen LogP contribution in [-0.2, 0) is 6.42 Å². The standard InChI is InChI=1S/C10H14FN/c11-10-6-4-9(5-7-10)3-1-2-8-12/h4-7H,1-3,8,12H2/p+1. The van der Waals surface area contributed by atoms with E-state index >= 15 is 0 Å². The van der Waals surface area contributed by atoms with Crippen molar-refractivity contribution in [3.63, 3.8) is 0 Å². The highest BCUT2D eigenvalue weighted by Crippen LogP contribution is 2.05. The van der Waals surface area contributed by atoms with Gasteiger partial charge in [0.2, 0.25) is 0 Å². The largest absolute Gasteiger partial charge is 0.358 e. The highest BCUT2D eigenvalue weighted by molar-refractivity contribution is 5.15. The van der Waals surface area contributed by atoms with E-state index < -0.39 is 0 Å². The summed E-state index contributed by atoms with van der Waals surface area (Å²) in [5.41, 5.74) is 4.98. The highest BCUT2D eigenvalue weighted by atomic mass is 19.1. The van der Waals surface area contributed by atoms with Gasteiger partial charge in [-0.1, -0.05) is 12.1 Å². The van der Waals surface area contributed by atoms with Crippen LogP contribution in [0, 0.1) is 5.82 Å². The van der Waals surface area contributed by atoms with Gasteiger partial charge in [-0.2, -0.15) is 0 Å². The molecule has 3 N–H and O–H groups in total. The maximum absolute atomic E-state index is 12.5. The molecule has 0 saturated heterocycles. The second kappa shape index (κ2) is 4.88. The fourth-order valence-electron chi connectivity index (χ4n) is 1.16. The van der Waals surface area contributed by atoms with Crippen molar-refractivity contribution in [1.82, 2.24) is 0 Å². The summed E-state index contributed by atoms with van der Waals surface area (Å²) >= 11 is 0. The van der Waals surface area contributed by atoms with Gasteiger partial charge in [-0.05, 0) is 37.0 Å². The molecule has 0 spiro atoms. The third kappa shape index (κ3) is 3.01. The summed E-state index contributed by atoms with van der Waals surface area (Å²) in [6.45, 7) is 0.987. The monoisotopic (exact) mass is 168 g/mol. The Balaban J connectivity index is 2.37. The van der Waals surface area contributed by atoms with E-state index in [0.717, 1.165) is 25.8 Å². The Labute approximate surface area is 72.4 Å². The van der Waals surface area contributed by atoms with Gasteiger partial charge in [0.05, 0.1) is 6.54 Å². The Morgan fingerprint density at radius 1 is 1.08 bits per heavy atom. The van der Waals surface area contributed by atoms with Gasteiger partial charge in [0, 0.05) is 0 Å². The van der Waals surface area contributed by atoms with Crippen LogP contribution in [0.5, 0.6) is 0 Å². The first kappa shape index (κ1) is 9.20. The zero-order valence-corrected chi connectivity index (χ0v) is 7.22. The van der Waals surface area contributed by atoms with Crippen molar-refractivity contribution >= 4 is 0 Å². The topological polar surface area (TPSA) is 27.6 Å². The van der Waals surface area contributed by atoms with Crippen molar-refractivity contribution in [3.05, 3.63) is 35.6 Å². The van der Waals surface area contributed by atoms with E-state index in [2.05, 4.69) is 5.73 Å². The van der Waals surface area contributed by atoms with E-state index in [1.165, 1.54) is 17.7 Å². The van der Waals surface area contributed by atoms with Gasteiger partial charge in [0.15, 0.2) is 0 Å². The molecule has 1 nitrogen and oxygen atoms in total. The third-order valence-electron chi connectivity index (χ3n) is 1.88. The van der Waals surface area contributed by atoms with Crippen LogP contribution in [0.1, 0.15) is 18.4 Å². The van der Waals surface area contributed by atoms with Gasteiger partial charge >= 0.3 is 0 Å². The fraction of sp³-hybridized carbons (Fsp3) is 0.400. The lowest BCUT2D eigenvalue weighted by Gasteiger charge is -1.98. The molecular weight excluding hydrogens is 153 g/mol. The molecule has 0 amide bonds. The first-order valence-corrected chi connectivity index (χ1v) is 4.36. The van der Waals surface area contributed by atoms with E-state index in [1.54, 1.807) is 0 Å². The number of aryl methyl sites for hydroxylation is 1. The molecule has 1 aromatic carbocycles. The summed E-state index contributed by atoms with van der Waals surface area (Å²) in [5.74, 6) is -0.157. The van der Waals surface area contributed by atoms with Gasteiger partial charge in [-0.3, -0.25) is 0 Å². The fourth-order valence-corrected chi connectivity index (χ4v) is 1.16.